The van der Waals surface area contributed by atoms with Crippen molar-refractivity contribution in [3.05, 3.63) is 11.3 Å². The van der Waals surface area contributed by atoms with Crippen molar-refractivity contribution < 1.29 is 0 Å². The fourth-order valence-corrected chi connectivity index (χ4v) is 1.69. The van der Waals surface area contributed by atoms with Crippen molar-refractivity contribution in [2.75, 3.05) is 19.3 Å². The van der Waals surface area contributed by atoms with E-state index >= 15 is 0 Å². The number of aromatic nitrogens is 2. The van der Waals surface area contributed by atoms with Crippen LogP contribution < -0.4 is 5.73 Å². The molecule has 2 N–H and O–H groups in total. The summed E-state index contributed by atoms with van der Waals surface area (Å²) in [4.78, 5) is 2.30. The van der Waals surface area contributed by atoms with E-state index in [1.54, 1.807) is 4.68 Å². The smallest absolute Gasteiger partial charge is 0.126 e. The van der Waals surface area contributed by atoms with E-state index in [2.05, 4.69) is 24.0 Å². The van der Waals surface area contributed by atoms with Crippen LogP contribution in [-0.2, 0) is 13.6 Å². The first kappa shape index (κ1) is 12.0. The molecule has 0 aliphatic rings. The molecular weight excluding hydrogens is 188 g/mol. The van der Waals surface area contributed by atoms with Crippen LogP contribution in [0.1, 0.15) is 31.0 Å². The van der Waals surface area contributed by atoms with Crippen molar-refractivity contribution in [1.29, 1.82) is 0 Å². The molecule has 0 spiro atoms. The molecule has 0 fully saturated rings. The van der Waals surface area contributed by atoms with Crippen LogP contribution in [0.2, 0.25) is 0 Å². The second-order valence-corrected chi connectivity index (χ2v) is 4.16. The number of nitrogens with zero attached hydrogens (tertiary/aromatic N) is 3. The van der Waals surface area contributed by atoms with Gasteiger partial charge in [0.2, 0.25) is 0 Å². The van der Waals surface area contributed by atoms with Gasteiger partial charge in [0.1, 0.15) is 5.82 Å². The van der Waals surface area contributed by atoms with Gasteiger partial charge >= 0.3 is 0 Å². The Morgan fingerprint density at radius 2 is 2.13 bits per heavy atom. The van der Waals surface area contributed by atoms with Crippen LogP contribution in [0, 0.1) is 6.92 Å². The average molecular weight is 210 g/mol. The number of aryl methyl sites for hydroxylation is 2. The SMILES string of the molecule is CCCCN(C)Cc1c(C)nn(C)c1N. The maximum absolute atomic E-state index is 5.95. The standard InChI is InChI=1S/C11H22N4/c1-5-6-7-14(3)8-10-9(2)13-15(4)11(10)12/h5-8,12H2,1-4H3. The molecular formula is C11H22N4. The van der Waals surface area contributed by atoms with E-state index < -0.39 is 0 Å². The fraction of sp³-hybridized carbons (Fsp3) is 0.727. The summed E-state index contributed by atoms with van der Waals surface area (Å²) in [6, 6.07) is 0. The van der Waals surface area contributed by atoms with Crippen molar-refractivity contribution >= 4 is 5.82 Å². The third kappa shape index (κ3) is 2.96. The summed E-state index contributed by atoms with van der Waals surface area (Å²) in [7, 11) is 4.01. The van der Waals surface area contributed by atoms with Gasteiger partial charge in [-0.25, -0.2) is 0 Å². The molecule has 0 radical (unpaired) electrons. The van der Waals surface area contributed by atoms with Crippen LogP contribution in [-0.4, -0.2) is 28.3 Å². The molecule has 0 unspecified atom stereocenters. The molecule has 0 saturated carbocycles. The van der Waals surface area contributed by atoms with E-state index in [4.69, 9.17) is 5.73 Å². The van der Waals surface area contributed by atoms with Crippen molar-refractivity contribution in [2.45, 2.75) is 33.2 Å². The minimum atomic E-state index is 0.788. The first-order chi connectivity index (χ1) is 7.06. The molecule has 1 aromatic rings. The molecule has 0 aliphatic heterocycles. The van der Waals surface area contributed by atoms with Crippen molar-refractivity contribution in [2.24, 2.45) is 7.05 Å². The Balaban J connectivity index is 2.63. The quantitative estimate of drug-likeness (QED) is 0.802. The second-order valence-electron chi connectivity index (χ2n) is 4.16. The fourth-order valence-electron chi connectivity index (χ4n) is 1.69. The van der Waals surface area contributed by atoms with E-state index in [1.165, 1.54) is 12.8 Å². The Bertz CT molecular complexity index is 317. The highest BCUT2D eigenvalue weighted by Crippen LogP contribution is 2.16. The van der Waals surface area contributed by atoms with E-state index in [0.717, 1.165) is 30.2 Å². The van der Waals surface area contributed by atoms with Gasteiger partial charge in [-0.2, -0.15) is 5.10 Å². The predicted molar refractivity (Wildman–Crippen MR) is 63.6 cm³/mol. The minimum absolute atomic E-state index is 0.788. The van der Waals surface area contributed by atoms with Gasteiger partial charge in [0.25, 0.3) is 0 Å². The van der Waals surface area contributed by atoms with Crippen LogP contribution in [0.25, 0.3) is 0 Å². The number of hydrogen-bond acceptors (Lipinski definition) is 3. The van der Waals surface area contributed by atoms with Gasteiger partial charge in [-0.05, 0) is 26.9 Å². The zero-order valence-electron chi connectivity index (χ0n) is 10.2. The third-order valence-electron chi connectivity index (χ3n) is 2.72. The van der Waals surface area contributed by atoms with E-state index in [-0.39, 0.29) is 0 Å². The van der Waals surface area contributed by atoms with Crippen LogP contribution in [0.15, 0.2) is 0 Å². The average Bonchev–Trinajstić information content (AvgIpc) is 2.42. The zero-order valence-corrected chi connectivity index (χ0v) is 10.2. The van der Waals surface area contributed by atoms with Gasteiger partial charge < -0.3 is 10.6 Å². The number of nitrogen functional groups attached to an aromatic ring is 1. The molecule has 86 valence electrons. The summed E-state index contributed by atoms with van der Waals surface area (Å²) in [6.07, 6.45) is 2.46. The highest BCUT2D eigenvalue weighted by Gasteiger charge is 2.11. The van der Waals surface area contributed by atoms with Gasteiger partial charge in [-0.1, -0.05) is 13.3 Å². The number of rotatable bonds is 5. The highest BCUT2D eigenvalue weighted by molar-refractivity contribution is 5.42. The lowest BCUT2D eigenvalue weighted by Gasteiger charge is -2.16. The number of nitrogens with two attached hydrogens (primary N) is 1. The van der Waals surface area contributed by atoms with Gasteiger partial charge in [-0.15, -0.1) is 0 Å². The van der Waals surface area contributed by atoms with E-state index in [1.807, 2.05) is 14.0 Å². The predicted octanol–water partition coefficient (Wildman–Crippen LogP) is 1.54. The van der Waals surface area contributed by atoms with Crippen LogP contribution >= 0.6 is 0 Å². The molecule has 0 aromatic carbocycles. The minimum Gasteiger partial charge on any atom is -0.384 e. The van der Waals surface area contributed by atoms with E-state index in [0.29, 0.717) is 0 Å². The topological polar surface area (TPSA) is 47.1 Å². The normalized spacial score (nSPS) is 11.3. The Hall–Kier alpha value is -1.03. The van der Waals surface area contributed by atoms with E-state index in [9.17, 15) is 0 Å². The molecule has 4 heteroatoms. The highest BCUT2D eigenvalue weighted by atomic mass is 15.3. The van der Waals surface area contributed by atoms with Crippen molar-refractivity contribution in [1.82, 2.24) is 14.7 Å². The monoisotopic (exact) mass is 210 g/mol. The summed E-state index contributed by atoms with van der Waals surface area (Å²) in [5, 5.41) is 4.31. The molecule has 0 atom stereocenters. The Morgan fingerprint density at radius 1 is 1.47 bits per heavy atom. The molecule has 0 aliphatic carbocycles. The molecule has 0 bridgehead atoms. The Labute approximate surface area is 92.1 Å². The molecule has 1 rings (SSSR count). The molecule has 4 nitrogen and oxygen atoms in total. The lowest BCUT2D eigenvalue weighted by Crippen LogP contribution is -2.20. The Kier molecular flexibility index (Phi) is 4.15. The van der Waals surface area contributed by atoms with Gasteiger partial charge in [0.05, 0.1) is 5.69 Å². The maximum atomic E-state index is 5.95. The number of hydrogen-bond donors (Lipinski definition) is 1. The molecule has 0 amide bonds. The molecule has 1 aromatic heterocycles. The van der Waals surface area contributed by atoms with Crippen molar-refractivity contribution in [3.63, 3.8) is 0 Å². The van der Waals surface area contributed by atoms with Gasteiger partial charge in [-0.3, -0.25) is 4.68 Å². The van der Waals surface area contributed by atoms with Crippen molar-refractivity contribution in [3.8, 4) is 0 Å². The van der Waals surface area contributed by atoms with Gasteiger partial charge in [0.15, 0.2) is 0 Å². The summed E-state index contributed by atoms with van der Waals surface area (Å²) in [5.41, 5.74) is 8.16. The van der Waals surface area contributed by atoms with Crippen LogP contribution in [0.4, 0.5) is 5.82 Å². The number of unbranched alkanes of at least 4 members (excludes halogenated alkanes) is 1. The summed E-state index contributed by atoms with van der Waals surface area (Å²) >= 11 is 0. The zero-order chi connectivity index (χ0) is 11.4. The summed E-state index contributed by atoms with van der Waals surface area (Å²) in [6.45, 7) is 6.23. The number of anilines is 1. The summed E-state index contributed by atoms with van der Waals surface area (Å²) in [5.74, 6) is 0.788. The third-order valence-corrected chi connectivity index (χ3v) is 2.72. The molecule has 1 heterocycles. The molecule has 0 saturated heterocycles. The second kappa shape index (κ2) is 5.16. The lowest BCUT2D eigenvalue weighted by atomic mass is 10.2. The summed E-state index contributed by atoms with van der Waals surface area (Å²) < 4.78 is 1.75. The van der Waals surface area contributed by atoms with Crippen LogP contribution in [0.5, 0.6) is 0 Å². The maximum Gasteiger partial charge on any atom is 0.126 e. The first-order valence-electron chi connectivity index (χ1n) is 5.52. The molecule has 15 heavy (non-hydrogen) atoms. The lowest BCUT2D eigenvalue weighted by molar-refractivity contribution is 0.320. The van der Waals surface area contributed by atoms with Gasteiger partial charge in [0, 0.05) is 19.2 Å². The Morgan fingerprint density at radius 3 is 2.60 bits per heavy atom. The first-order valence-corrected chi connectivity index (χ1v) is 5.52. The largest absolute Gasteiger partial charge is 0.384 e. The van der Waals surface area contributed by atoms with Crippen LogP contribution in [0.3, 0.4) is 0 Å².